The number of rotatable bonds is 1. The molecule has 3 nitrogen and oxygen atoms in total. The van der Waals surface area contributed by atoms with Gasteiger partial charge in [-0.15, -0.1) is 0 Å². The van der Waals surface area contributed by atoms with Crippen LogP contribution in [0.5, 0.6) is 11.5 Å². The Morgan fingerprint density at radius 2 is 1.61 bits per heavy atom. The summed E-state index contributed by atoms with van der Waals surface area (Å²) >= 11 is 0. The van der Waals surface area contributed by atoms with Crippen molar-refractivity contribution in [3.8, 4) is 11.5 Å². The van der Waals surface area contributed by atoms with E-state index in [1.807, 2.05) is 45.9 Å². The maximum atomic E-state index is 10.7. The Morgan fingerprint density at radius 1 is 1.00 bits per heavy atom. The van der Waals surface area contributed by atoms with Gasteiger partial charge >= 0.3 is 0 Å². The third kappa shape index (κ3) is 2.32. The van der Waals surface area contributed by atoms with E-state index in [-0.39, 0.29) is 5.41 Å². The van der Waals surface area contributed by atoms with E-state index in [1.54, 1.807) is 0 Å². The van der Waals surface area contributed by atoms with Gasteiger partial charge in [0.15, 0.2) is 11.5 Å². The van der Waals surface area contributed by atoms with Gasteiger partial charge in [-0.2, -0.15) is 0 Å². The van der Waals surface area contributed by atoms with Gasteiger partial charge in [0.05, 0.1) is 18.8 Å². The topological polar surface area (TPSA) is 38.7 Å². The van der Waals surface area contributed by atoms with Crippen LogP contribution in [0.15, 0.2) is 18.2 Å². The lowest BCUT2D eigenvalue weighted by Crippen LogP contribution is -2.36. The molecule has 0 bridgehead atoms. The highest BCUT2D eigenvalue weighted by Crippen LogP contribution is 2.42. The van der Waals surface area contributed by atoms with Gasteiger partial charge in [0.25, 0.3) is 0 Å². The van der Waals surface area contributed by atoms with Crippen molar-refractivity contribution in [1.29, 1.82) is 0 Å². The van der Waals surface area contributed by atoms with Crippen molar-refractivity contribution in [2.75, 3.05) is 13.2 Å². The first-order chi connectivity index (χ1) is 8.32. The van der Waals surface area contributed by atoms with E-state index in [0.29, 0.717) is 13.2 Å². The summed E-state index contributed by atoms with van der Waals surface area (Å²) < 4.78 is 11.3. The van der Waals surface area contributed by atoms with Crippen molar-refractivity contribution >= 4 is 0 Å². The first-order valence-corrected chi connectivity index (χ1v) is 6.45. The molecule has 1 aliphatic rings. The van der Waals surface area contributed by atoms with Crippen LogP contribution in [0.25, 0.3) is 0 Å². The van der Waals surface area contributed by atoms with E-state index in [1.165, 1.54) is 0 Å². The van der Waals surface area contributed by atoms with Crippen molar-refractivity contribution in [2.24, 2.45) is 5.41 Å². The zero-order valence-electron chi connectivity index (χ0n) is 11.6. The third-order valence-corrected chi connectivity index (χ3v) is 3.77. The van der Waals surface area contributed by atoms with Gasteiger partial charge < -0.3 is 14.6 Å². The summed E-state index contributed by atoms with van der Waals surface area (Å²) in [6.45, 7) is 9.25. The fraction of sp³-hybridized carbons (Fsp3) is 0.600. The summed E-state index contributed by atoms with van der Waals surface area (Å²) in [4.78, 5) is 0. The second-order valence-electron chi connectivity index (χ2n) is 6.03. The molecule has 0 radical (unpaired) electrons. The number of fused-ring (bicyclic) bond motifs is 1. The van der Waals surface area contributed by atoms with Gasteiger partial charge in [-0.1, -0.05) is 26.8 Å². The van der Waals surface area contributed by atoms with Crippen molar-refractivity contribution in [3.63, 3.8) is 0 Å². The van der Waals surface area contributed by atoms with E-state index in [9.17, 15) is 5.11 Å². The van der Waals surface area contributed by atoms with Gasteiger partial charge in [0, 0.05) is 6.42 Å². The Labute approximate surface area is 109 Å². The third-order valence-electron chi connectivity index (χ3n) is 3.77. The van der Waals surface area contributed by atoms with Gasteiger partial charge in [-0.3, -0.25) is 0 Å². The fourth-order valence-electron chi connectivity index (χ4n) is 1.90. The van der Waals surface area contributed by atoms with Gasteiger partial charge in [0.2, 0.25) is 0 Å². The highest BCUT2D eigenvalue weighted by molar-refractivity contribution is 5.45. The lowest BCUT2D eigenvalue weighted by Gasteiger charge is -2.37. The number of aliphatic hydroxyl groups is 1. The minimum Gasteiger partial charge on any atom is -0.490 e. The molecule has 0 aromatic heterocycles. The molecule has 18 heavy (non-hydrogen) atoms. The van der Waals surface area contributed by atoms with Crippen LogP contribution in [0.2, 0.25) is 0 Å². The molecule has 1 N–H and O–H groups in total. The number of benzene rings is 1. The maximum Gasteiger partial charge on any atom is 0.161 e. The first-order valence-electron chi connectivity index (χ1n) is 6.45. The normalized spacial score (nSPS) is 18.9. The highest BCUT2D eigenvalue weighted by atomic mass is 16.5. The lowest BCUT2D eigenvalue weighted by atomic mass is 9.73. The maximum absolute atomic E-state index is 10.7. The monoisotopic (exact) mass is 250 g/mol. The Bertz CT molecular complexity index is 430. The highest BCUT2D eigenvalue weighted by Gasteiger charge is 2.37. The van der Waals surface area contributed by atoms with E-state index in [2.05, 4.69) is 0 Å². The molecule has 1 atom stereocenters. The summed E-state index contributed by atoms with van der Waals surface area (Å²) in [6.07, 6.45) is 0.889. The van der Waals surface area contributed by atoms with Crippen LogP contribution in [0.1, 0.15) is 39.7 Å². The number of hydrogen-bond acceptors (Lipinski definition) is 3. The van der Waals surface area contributed by atoms with Crippen molar-refractivity contribution in [2.45, 2.75) is 39.7 Å². The average Bonchev–Trinajstić information content (AvgIpc) is 2.51. The molecule has 0 saturated carbocycles. The minimum atomic E-state index is -0.905. The summed E-state index contributed by atoms with van der Waals surface area (Å²) in [6, 6.07) is 5.70. The zero-order valence-corrected chi connectivity index (χ0v) is 11.6. The van der Waals surface area contributed by atoms with Crippen LogP contribution in [0.3, 0.4) is 0 Å². The second-order valence-corrected chi connectivity index (χ2v) is 6.03. The van der Waals surface area contributed by atoms with Gasteiger partial charge in [0.1, 0.15) is 0 Å². The van der Waals surface area contributed by atoms with Crippen LogP contribution in [-0.2, 0) is 5.60 Å². The number of hydrogen-bond donors (Lipinski definition) is 1. The second kappa shape index (κ2) is 4.47. The molecule has 1 heterocycles. The van der Waals surface area contributed by atoms with E-state index >= 15 is 0 Å². The molecule has 0 aliphatic carbocycles. The predicted molar refractivity (Wildman–Crippen MR) is 71.1 cm³/mol. The van der Waals surface area contributed by atoms with Crippen LogP contribution in [0.4, 0.5) is 0 Å². The van der Waals surface area contributed by atoms with Crippen LogP contribution in [-0.4, -0.2) is 18.3 Å². The molecule has 1 unspecified atom stereocenters. The van der Waals surface area contributed by atoms with E-state index < -0.39 is 5.60 Å². The summed E-state index contributed by atoms with van der Waals surface area (Å²) in [5, 5.41) is 10.7. The lowest BCUT2D eigenvalue weighted by molar-refractivity contribution is -0.0471. The smallest absolute Gasteiger partial charge is 0.161 e. The molecule has 1 aromatic carbocycles. The van der Waals surface area contributed by atoms with Crippen LogP contribution in [0, 0.1) is 5.41 Å². The van der Waals surface area contributed by atoms with Crippen LogP contribution < -0.4 is 9.47 Å². The molecular weight excluding hydrogens is 228 g/mol. The van der Waals surface area contributed by atoms with Gasteiger partial charge in [-0.05, 0) is 30.0 Å². The molecule has 1 aliphatic heterocycles. The standard InChI is InChI=1S/C15H22O3/c1-14(2,3)15(4,16)11-6-7-12-13(10-11)18-9-5-8-17-12/h6-7,10,16H,5,8-9H2,1-4H3. The molecule has 1 aromatic rings. The summed E-state index contributed by atoms with van der Waals surface area (Å²) in [5.74, 6) is 1.50. The van der Waals surface area contributed by atoms with Crippen molar-refractivity contribution in [1.82, 2.24) is 0 Å². The van der Waals surface area contributed by atoms with Crippen molar-refractivity contribution in [3.05, 3.63) is 23.8 Å². The number of ether oxygens (including phenoxy) is 2. The summed E-state index contributed by atoms with van der Waals surface area (Å²) in [7, 11) is 0. The van der Waals surface area contributed by atoms with Crippen LogP contribution >= 0.6 is 0 Å². The molecule has 0 saturated heterocycles. The Hall–Kier alpha value is -1.22. The Balaban J connectivity index is 2.39. The largest absolute Gasteiger partial charge is 0.490 e. The average molecular weight is 250 g/mol. The fourth-order valence-corrected chi connectivity index (χ4v) is 1.90. The molecule has 100 valence electrons. The Morgan fingerprint density at radius 3 is 2.22 bits per heavy atom. The van der Waals surface area contributed by atoms with E-state index in [4.69, 9.17) is 9.47 Å². The quantitative estimate of drug-likeness (QED) is 0.832. The SMILES string of the molecule is CC(C)(C)C(C)(O)c1ccc2c(c1)OCCCO2. The molecule has 0 spiro atoms. The zero-order chi connectivity index (χ0) is 13.4. The minimum absolute atomic E-state index is 0.243. The van der Waals surface area contributed by atoms with Crippen molar-refractivity contribution < 1.29 is 14.6 Å². The summed E-state index contributed by atoms with van der Waals surface area (Å²) in [5.41, 5.74) is -0.288. The van der Waals surface area contributed by atoms with Gasteiger partial charge in [-0.25, -0.2) is 0 Å². The van der Waals surface area contributed by atoms with E-state index in [0.717, 1.165) is 23.5 Å². The predicted octanol–water partition coefficient (Wildman–Crippen LogP) is 3.10. The first kappa shape index (κ1) is 13.2. The molecule has 2 rings (SSSR count). The molecular formula is C15H22O3. The Kier molecular flexibility index (Phi) is 3.28. The molecule has 0 amide bonds. The molecule has 0 fully saturated rings. The molecule has 3 heteroatoms.